The summed E-state index contributed by atoms with van der Waals surface area (Å²) in [5.41, 5.74) is 0.421. The minimum atomic E-state index is 0.421. The largest absolute Gasteiger partial charge is 0.250 e. The lowest BCUT2D eigenvalue weighted by Crippen LogP contribution is -2.30. The molecule has 0 aromatic rings. The Morgan fingerprint density at radius 2 is 1.92 bits per heavy atom. The summed E-state index contributed by atoms with van der Waals surface area (Å²) >= 11 is 4.55. The van der Waals surface area contributed by atoms with Crippen LogP contribution in [0, 0.1) is 11.3 Å². The van der Waals surface area contributed by atoms with Crippen LogP contribution >= 0.6 is 12.8 Å². The molecule has 0 aromatic carbocycles. The lowest BCUT2D eigenvalue weighted by Gasteiger charge is -2.29. The molecular weight excluding hydrogens is 178 g/mol. The second-order valence-corrected chi connectivity index (χ2v) is 6.19. The van der Waals surface area contributed by atoms with Crippen LogP contribution < -0.4 is 0 Å². The Hall–Kier alpha value is 0.310. The van der Waals surface area contributed by atoms with E-state index in [1.807, 2.05) is 0 Å². The molecule has 1 aliphatic carbocycles. The molecule has 1 rings (SSSR count). The number of rotatable bonds is 4. The van der Waals surface area contributed by atoms with Crippen molar-refractivity contribution in [2.75, 3.05) is 6.54 Å². The van der Waals surface area contributed by atoms with Crippen LogP contribution in [-0.2, 0) is 0 Å². The average molecular weight is 201 g/mol. The van der Waals surface area contributed by atoms with Gasteiger partial charge in [-0.1, -0.05) is 33.6 Å². The van der Waals surface area contributed by atoms with Crippen LogP contribution in [0.2, 0.25) is 0 Å². The summed E-state index contributed by atoms with van der Waals surface area (Å²) in [7, 11) is 0. The van der Waals surface area contributed by atoms with E-state index in [0.717, 1.165) is 5.92 Å². The van der Waals surface area contributed by atoms with Crippen LogP contribution in [-0.4, -0.2) is 16.9 Å². The zero-order chi connectivity index (χ0) is 10.1. The van der Waals surface area contributed by atoms with Crippen molar-refractivity contribution in [3.05, 3.63) is 0 Å². The Labute approximate surface area is 88.4 Å². The van der Waals surface area contributed by atoms with E-state index >= 15 is 0 Å². The maximum Gasteiger partial charge on any atom is 0.0177 e. The Balaban J connectivity index is 2.23. The van der Waals surface area contributed by atoms with Crippen molar-refractivity contribution in [1.29, 1.82) is 0 Å². The van der Waals surface area contributed by atoms with Gasteiger partial charge in [0.05, 0.1) is 0 Å². The predicted octanol–water partition coefficient (Wildman–Crippen LogP) is 3.37. The Kier molecular flexibility index (Phi) is 3.70. The molecule has 78 valence electrons. The Morgan fingerprint density at radius 1 is 1.38 bits per heavy atom. The van der Waals surface area contributed by atoms with Crippen molar-refractivity contribution in [3.63, 3.8) is 0 Å². The third kappa shape index (κ3) is 4.92. The van der Waals surface area contributed by atoms with Crippen molar-refractivity contribution in [3.8, 4) is 0 Å². The van der Waals surface area contributed by atoms with Crippen molar-refractivity contribution in [1.82, 2.24) is 4.31 Å². The van der Waals surface area contributed by atoms with Crippen LogP contribution in [0.4, 0.5) is 0 Å². The maximum atomic E-state index is 4.55. The fourth-order valence-electron chi connectivity index (χ4n) is 1.74. The molecule has 1 unspecified atom stereocenters. The summed E-state index contributed by atoms with van der Waals surface area (Å²) in [6.07, 6.45) is 4.06. The van der Waals surface area contributed by atoms with Gasteiger partial charge in [0, 0.05) is 12.6 Å². The summed E-state index contributed by atoms with van der Waals surface area (Å²) in [5.74, 6) is 0.944. The fourth-order valence-corrected chi connectivity index (χ4v) is 2.05. The van der Waals surface area contributed by atoms with Crippen molar-refractivity contribution in [2.45, 2.75) is 53.0 Å². The van der Waals surface area contributed by atoms with Gasteiger partial charge < -0.3 is 0 Å². The molecule has 0 aliphatic heterocycles. The van der Waals surface area contributed by atoms with Gasteiger partial charge in [-0.25, -0.2) is 0 Å². The van der Waals surface area contributed by atoms with E-state index in [2.05, 4.69) is 44.8 Å². The first-order valence-electron chi connectivity index (χ1n) is 5.34. The van der Waals surface area contributed by atoms with Gasteiger partial charge in [-0.3, -0.25) is 4.31 Å². The van der Waals surface area contributed by atoms with Gasteiger partial charge in [-0.2, -0.15) is 0 Å². The highest BCUT2D eigenvalue weighted by molar-refractivity contribution is 7.77. The first kappa shape index (κ1) is 11.4. The number of hydrogen-bond donors (Lipinski definition) is 1. The Morgan fingerprint density at radius 3 is 2.31 bits per heavy atom. The standard InChI is InChI=1S/C11H23NS/c1-9(7-11(2,3)4)12(13)8-10-5-6-10/h9-10,13H,5-8H2,1-4H3. The molecular formula is C11H23NS. The summed E-state index contributed by atoms with van der Waals surface area (Å²) in [5, 5.41) is 0. The van der Waals surface area contributed by atoms with Crippen LogP contribution in [0.15, 0.2) is 0 Å². The minimum absolute atomic E-state index is 0.421. The molecule has 0 heterocycles. The molecule has 0 N–H and O–H groups in total. The summed E-state index contributed by atoms with van der Waals surface area (Å²) < 4.78 is 2.23. The van der Waals surface area contributed by atoms with Crippen molar-refractivity contribution >= 4 is 12.8 Å². The summed E-state index contributed by atoms with van der Waals surface area (Å²) in [6, 6.07) is 0.601. The van der Waals surface area contributed by atoms with Crippen LogP contribution in [0.5, 0.6) is 0 Å². The summed E-state index contributed by atoms with van der Waals surface area (Å²) in [6.45, 7) is 10.3. The van der Waals surface area contributed by atoms with E-state index in [0.29, 0.717) is 11.5 Å². The molecule has 0 saturated heterocycles. The molecule has 0 bridgehead atoms. The van der Waals surface area contributed by atoms with Crippen LogP contribution in [0.25, 0.3) is 0 Å². The molecule has 0 radical (unpaired) electrons. The van der Waals surface area contributed by atoms with E-state index in [1.165, 1.54) is 25.8 Å². The van der Waals surface area contributed by atoms with Gasteiger partial charge in [0.1, 0.15) is 0 Å². The van der Waals surface area contributed by atoms with E-state index in [-0.39, 0.29) is 0 Å². The quantitative estimate of drug-likeness (QED) is 0.683. The zero-order valence-electron chi connectivity index (χ0n) is 9.38. The topological polar surface area (TPSA) is 3.24 Å². The van der Waals surface area contributed by atoms with E-state index < -0.39 is 0 Å². The first-order valence-corrected chi connectivity index (χ1v) is 5.74. The molecule has 0 aromatic heterocycles. The fraction of sp³-hybridized carbons (Fsp3) is 1.00. The van der Waals surface area contributed by atoms with Gasteiger partial charge in [0.2, 0.25) is 0 Å². The molecule has 1 saturated carbocycles. The van der Waals surface area contributed by atoms with Crippen LogP contribution in [0.1, 0.15) is 47.0 Å². The second-order valence-electron chi connectivity index (χ2n) is 5.68. The molecule has 0 spiro atoms. The van der Waals surface area contributed by atoms with Gasteiger partial charge in [-0.15, -0.1) is 0 Å². The van der Waals surface area contributed by atoms with Crippen molar-refractivity contribution in [2.24, 2.45) is 11.3 Å². The predicted molar refractivity (Wildman–Crippen MR) is 62.0 cm³/mol. The normalized spacial score (nSPS) is 20.8. The molecule has 1 aliphatic rings. The van der Waals surface area contributed by atoms with Gasteiger partial charge in [-0.05, 0) is 37.5 Å². The smallest absolute Gasteiger partial charge is 0.0177 e. The van der Waals surface area contributed by atoms with Crippen LogP contribution in [0.3, 0.4) is 0 Å². The monoisotopic (exact) mass is 201 g/mol. The summed E-state index contributed by atoms with van der Waals surface area (Å²) in [4.78, 5) is 0. The zero-order valence-corrected chi connectivity index (χ0v) is 10.3. The van der Waals surface area contributed by atoms with Gasteiger partial charge in [0.15, 0.2) is 0 Å². The lowest BCUT2D eigenvalue weighted by atomic mass is 9.88. The number of thiol groups is 1. The second kappa shape index (κ2) is 4.22. The molecule has 1 nitrogen and oxygen atoms in total. The molecule has 1 fully saturated rings. The first-order chi connectivity index (χ1) is 5.88. The molecule has 2 heteroatoms. The maximum absolute atomic E-state index is 4.55. The highest BCUT2D eigenvalue weighted by atomic mass is 32.1. The van der Waals surface area contributed by atoms with Gasteiger partial charge in [0.25, 0.3) is 0 Å². The van der Waals surface area contributed by atoms with E-state index in [1.54, 1.807) is 0 Å². The highest BCUT2D eigenvalue weighted by Gasteiger charge is 2.26. The highest BCUT2D eigenvalue weighted by Crippen LogP contribution is 2.32. The van der Waals surface area contributed by atoms with E-state index in [9.17, 15) is 0 Å². The SMILES string of the molecule is CC(CC(C)(C)C)N(S)CC1CC1. The third-order valence-corrected chi connectivity index (χ3v) is 3.12. The number of hydrogen-bond acceptors (Lipinski definition) is 2. The molecule has 0 amide bonds. The average Bonchev–Trinajstić information content (AvgIpc) is 2.67. The van der Waals surface area contributed by atoms with Gasteiger partial charge >= 0.3 is 0 Å². The minimum Gasteiger partial charge on any atom is -0.250 e. The number of nitrogens with zero attached hydrogens (tertiary/aromatic N) is 1. The molecule has 13 heavy (non-hydrogen) atoms. The molecule has 1 atom stereocenters. The lowest BCUT2D eigenvalue weighted by molar-refractivity contribution is 0.255. The van der Waals surface area contributed by atoms with Crippen molar-refractivity contribution < 1.29 is 0 Å². The van der Waals surface area contributed by atoms with E-state index in [4.69, 9.17) is 0 Å². The third-order valence-electron chi connectivity index (χ3n) is 2.56. The Bertz CT molecular complexity index is 158.